The van der Waals surface area contributed by atoms with Crippen LogP contribution in [0.25, 0.3) is 0 Å². The molecule has 2 heterocycles. The number of amides is 1. The summed E-state index contributed by atoms with van der Waals surface area (Å²) < 4.78 is 5.56. The lowest BCUT2D eigenvalue weighted by Gasteiger charge is -2.38. The van der Waals surface area contributed by atoms with E-state index in [-0.39, 0.29) is 12.0 Å². The van der Waals surface area contributed by atoms with E-state index in [9.17, 15) is 9.90 Å². The number of rotatable bonds is 4. The number of ether oxygens (including phenoxy) is 1. The first-order chi connectivity index (χ1) is 16.5. The lowest BCUT2D eigenvalue weighted by Crippen LogP contribution is -2.40. The largest absolute Gasteiger partial charge is 0.481 e. The van der Waals surface area contributed by atoms with Crippen molar-refractivity contribution >= 4 is 11.6 Å². The van der Waals surface area contributed by atoms with Crippen LogP contribution in [0.1, 0.15) is 71.8 Å². The number of aliphatic hydroxyl groups is 1. The molecule has 4 rings (SSSR count). The second kappa shape index (κ2) is 11.0. The molecule has 0 atom stereocenters. The number of carbonyl (C=O) groups excluding carboxylic acids is 1. The van der Waals surface area contributed by atoms with Gasteiger partial charge in [-0.2, -0.15) is 0 Å². The molecule has 1 aromatic carbocycles. The lowest BCUT2D eigenvalue weighted by atomic mass is 9.90. The van der Waals surface area contributed by atoms with E-state index < -0.39 is 0 Å². The normalized spacial score (nSPS) is 21.8. The van der Waals surface area contributed by atoms with Gasteiger partial charge in [0.15, 0.2) is 0 Å². The van der Waals surface area contributed by atoms with Crippen LogP contribution in [0, 0.1) is 6.92 Å². The lowest BCUT2D eigenvalue weighted by molar-refractivity contribution is 0.0949. The number of hydrogen-bond donors (Lipinski definition) is 2. The maximum atomic E-state index is 13.4. The fraction of sp³-hybridized carbons (Fsp3) is 0.500. The molecule has 34 heavy (non-hydrogen) atoms. The summed E-state index contributed by atoms with van der Waals surface area (Å²) >= 11 is 0. The molecule has 0 spiro atoms. The number of anilines is 1. The van der Waals surface area contributed by atoms with Crippen LogP contribution in [0.2, 0.25) is 0 Å². The zero-order valence-electron chi connectivity index (χ0n) is 20.6. The molecule has 1 aliphatic heterocycles. The Morgan fingerprint density at radius 3 is 2.71 bits per heavy atom. The van der Waals surface area contributed by atoms with Crippen molar-refractivity contribution in [1.82, 2.24) is 10.3 Å². The molecule has 0 bridgehead atoms. The van der Waals surface area contributed by atoms with Crippen LogP contribution in [0.3, 0.4) is 0 Å². The highest BCUT2D eigenvalue weighted by molar-refractivity contribution is 5.97. The van der Waals surface area contributed by atoms with Gasteiger partial charge in [-0.1, -0.05) is 18.2 Å². The number of aromatic nitrogens is 1. The first kappa shape index (κ1) is 24.3. The molecule has 0 unspecified atom stereocenters. The van der Waals surface area contributed by atoms with Crippen LogP contribution in [-0.4, -0.2) is 41.8 Å². The third kappa shape index (κ3) is 5.27. The molecular weight excluding hydrogens is 426 g/mol. The summed E-state index contributed by atoms with van der Waals surface area (Å²) in [5.74, 6) is 0.511. The summed E-state index contributed by atoms with van der Waals surface area (Å²) in [5, 5.41) is 13.1. The van der Waals surface area contributed by atoms with E-state index in [1.165, 1.54) is 5.56 Å². The Bertz CT molecular complexity index is 1040. The summed E-state index contributed by atoms with van der Waals surface area (Å²) in [6.45, 7) is 5.40. The molecule has 1 fully saturated rings. The van der Waals surface area contributed by atoms with Gasteiger partial charge in [0.1, 0.15) is 0 Å². The molecule has 2 aliphatic rings. The highest BCUT2D eigenvalue weighted by Gasteiger charge is 2.27. The van der Waals surface area contributed by atoms with Gasteiger partial charge < -0.3 is 20.1 Å². The first-order valence-electron chi connectivity index (χ1n) is 12.5. The Balaban J connectivity index is 1.68. The predicted octanol–water partition coefficient (Wildman–Crippen LogP) is 4.50. The zero-order valence-corrected chi connectivity index (χ0v) is 20.6. The minimum Gasteiger partial charge on any atom is -0.481 e. The second-order valence-corrected chi connectivity index (χ2v) is 9.36. The zero-order chi connectivity index (χ0) is 24.1. The van der Waals surface area contributed by atoms with Gasteiger partial charge in [-0.3, -0.25) is 4.79 Å². The fourth-order valence-corrected chi connectivity index (χ4v) is 5.41. The van der Waals surface area contributed by atoms with E-state index >= 15 is 0 Å². The summed E-state index contributed by atoms with van der Waals surface area (Å²) in [4.78, 5) is 20.4. The van der Waals surface area contributed by atoms with E-state index in [2.05, 4.69) is 46.4 Å². The molecule has 2 N–H and O–H groups in total. The number of pyridine rings is 1. The smallest absolute Gasteiger partial charge is 0.251 e. The number of benzene rings is 1. The number of aliphatic hydroxyl groups excluding tert-OH is 1. The van der Waals surface area contributed by atoms with Gasteiger partial charge in [-0.05, 0) is 88.1 Å². The van der Waals surface area contributed by atoms with Crippen molar-refractivity contribution in [3.05, 3.63) is 64.4 Å². The summed E-state index contributed by atoms with van der Waals surface area (Å²) in [6.07, 6.45) is 10.4. The Morgan fingerprint density at radius 1 is 1.18 bits per heavy atom. The third-order valence-electron chi connectivity index (χ3n) is 7.15. The van der Waals surface area contributed by atoms with Gasteiger partial charge in [-0.25, -0.2) is 4.98 Å². The molecule has 182 valence electrons. The van der Waals surface area contributed by atoms with Gasteiger partial charge in [0, 0.05) is 41.6 Å². The second-order valence-electron chi connectivity index (χ2n) is 9.36. The van der Waals surface area contributed by atoms with E-state index in [0.29, 0.717) is 18.5 Å². The first-order valence-corrected chi connectivity index (χ1v) is 12.5. The minimum absolute atomic E-state index is 0.0745. The van der Waals surface area contributed by atoms with E-state index in [1.54, 1.807) is 7.11 Å². The highest BCUT2D eigenvalue weighted by atomic mass is 16.5. The Labute approximate surface area is 203 Å². The standard InChI is InChI=1S/C28H37N3O3/c1-4-31(21-13-15-22(32)16-14-21)26-12-8-11-24-23(26)10-7-5-6-9-20-17-19(2)30-28(34-3)25(20)18-29-27(24)33/h5,7-8,11-12,17,21-22,32H,4,6,9-10,13-16,18H2,1-3H3,(H,29,33)/b7-5+/t21-,22-. The maximum Gasteiger partial charge on any atom is 0.251 e. The van der Waals surface area contributed by atoms with Crippen LogP contribution >= 0.6 is 0 Å². The Hall–Kier alpha value is -2.86. The van der Waals surface area contributed by atoms with Crippen LogP contribution in [0.4, 0.5) is 5.69 Å². The third-order valence-corrected chi connectivity index (χ3v) is 7.15. The molecule has 1 saturated carbocycles. The molecule has 6 heteroatoms. The van der Waals surface area contributed by atoms with Crippen molar-refractivity contribution in [3.63, 3.8) is 0 Å². The summed E-state index contributed by atoms with van der Waals surface area (Å²) in [5.41, 5.74) is 5.96. The summed E-state index contributed by atoms with van der Waals surface area (Å²) in [7, 11) is 1.63. The van der Waals surface area contributed by atoms with E-state index in [0.717, 1.165) is 79.6 Å². The molecule has 0 saturated heterocycles. The van der Waals surface area contributed by atoms with Crippen LogP contribution in [0.15, 0.2) is 36.4 Å². The fourth-order valence-electron chi connectivity index (χ4n) is 5.41. The number of aryl methyl sites for hydroxylation is 2. The molecule has 1 aliphatic carbocycles. The van der Waals surface area contributed by atoms with Gasteiger partial charge in [0.25, 0.3) is 5.91 Å². The molecule has 2 aromatic rings. The predicted molar refractivity (Wildman–Crippen MR) is 136 cm³/mol. The van der Waals surface area contributed by atoms with Crippen molar-refractivity contribution in [1.29, 1.82) is 0 Å². The Kier molecular flexibility index (Phi) is 7.88. The van der Waals surface area contributed by atoms with Crippen molar-refractivity contribution in [3.8, 4) is 5.88 Å². The monoisotopic (exact) mass is 463 g/mol. The van der Waals surface area contributed by atoms with E-state index in [1.807, 2.05) is 19.1 Å². The van der Waals surface area contributed by atoms with Crippen LogP contribution in [0.5, 0.6) is 5.88 Å². The number of carbonyl (C=O) groups is 1. The van der Waals surface area contributed by atoms with Crippen molar-refractivity contribution in [2.24, 2.45) is 0 Å². The topological polar surface area (TPSA) is 74.7 Å². The molecular formula is C28H37N3O3. The van der Waals surface area contributed by atoms with Crippen molar-refractivity contribution in [2.75, 3.05) is 18.6 Å². The minimum atomic E-state index is -0.182. The molecule has 6 nitrogen and oxygen atoms in total. The van der Waals surface area contributed by atoms with Crippen LogP contribution in [-0.2, 0) is 19.4 Å². The summed E-state index contributed by atoms with van der Waals surface area (Å²) in [6, 6.07) is 8.54. The highest BCUT2D eigenvalue weighted by Crippen LogP contribution is 2.32. The van der Waals surface area contributed by atoms with Gasteiger partial charge in [0.05, 0.1) is 13.2 Å². The number of hydrogen-bond acceptors (Lipinski definition) is 5. The molecule has 0 radical (unpaired) electrons. The van der Waals surface area contributed by atoms with Gasteiger partial charge in [0.2, 0.25) is 5.88 Å². The number of methoxy groups -OCH3 is 1. The number of fused-ring (bicyclic) bond motifs is 2. The molecule has 1 aromatic heterocycles. The van der Waals surface area contributed by atoms with Gasteiger partial charge >= 0.3 is 0 Å². The molecule has 1 amide bonds. The average molecular weight is 464 g/mol. The van der Waals surface area contributed by atoms with E-state index in [4.69, 9.17) is 4.74 Å². The SMILES string of the molecule is CCN(c1cccc2c1C/C=C/CCc1cc(C)nc(OC)c1CNC2=O)[C@H]1CC[C@H](O)CC1. The van der Waals surface area contributed by atoms with Gasteiger partial charge in [-0.15, -0.1) is 0 Å². The van der Waals surface area contributed by atoms with Crippen molar-refractivity contribution < 1.29 is 14.6 Å². The van der Waals surface area contributed by atoms with Crippen LogP contribution < -0.4 is 15.0 Å². The Morgan fingerprint density at radius 2 is 1.97 bits per heavy atom. The van der Waals surface area contributed by atoms with Crippen molar-refractivity contribution in [2.45, 2.75) is 77.5 Å². The quantitative estimate of drug-likeness (QED) is 0.653. The number of allylic oxidation sites excluding steroid dienone is 2. The number of nitrogens with one attached hydrogen (secondary N) is 1. The average Bonchev–Trinajstić information content (AvgIpc) is 2.84. The maximum absolute atomic E-state index is 13.4. The number of nitrogens with zero attached hydrogens (tertiary/aromatic N) is 2.